The zero-order valence-corrected chi connectivity index (χ0v) is 7.15. The molecule has 0 N–H and O–H groups in total. The van der Waals surface area contributed by atoms with Crippen LogP contribution in [-0.4, -0.2) is 22.4 Å². The van der Waals surface area contributed by atoms with Gasteiger partial charge >= 0.3 is 0 Å². The fourth-order valence-corrected chi connectivity index (χ4v) is 1.19. The lowest BCUT2D eigenvalue weighted by Crippen LogP contribution is -2.09. The molecule has 1 aliphatic heterocycles. The fraction of sp³-hybridized carbons (Fsp3) is 0.222. The molecule has 0 amide bonds. The Bertz CT molecular complexity index is 385. The summed E-state index contributed by atoms with van der Waals surface area (Å²) in [7, 11) is 0. The molecule has 0 bridgehead atoms. The van der Waals surface area contributed by atoms with Crippen LogP contribution in [0.2, 0.25) is 0 Å². The third kappa shape index (κ3) is 1.30. The van der Waals surface area contributed by atoms with Gasteiger partial charge in [-0.2, -0.15) is 0 Å². The molecule has 4 heteroatoms. The van der Waals surface area contributed by atoms with Gasteiger partial charge in [0.15, 0.2) is 17.2 Å². The van der Waals surface area contributed by atoms with E-state index in [-0.39, 0.29) is 5.78 Å². The Morgan fingerprint density at radius 3 is 3.15 bits per heavy atom. The normalized spacial score (nSPS) is 13.3. The summed E-state index contributed by atoms with van der Waals surface area (Å²) in [6.07, 6.45) is 5.04. The van der Waals surface area contributed by atoms with Crippen molar-refractivity contribution in [2.24, 2.45) is 0 Å². The molecule has 0 spiro atoms. The van der Waals surface area contributed by atoms with Crippen LogP contribution >= 0.6 is 0 Å². The van der Waals surface area contributed by atoms with E-state index < -0.39 is 0 Å². The Labute approximate surface area is 75.3 Å². The SMILES string of the molecule is CC(=O)c1ncnc2c1OCC=C2. The molecule has 0 saturated carbocycles. The smallest absolute Gasteiger partial charge is 0.182 e. The number of hydrogen-bond donors (Lipinski definition) is 0. The number of aromatic nitrogens is 2. The van der Waals surface area contributed by atoms with Crippen LogP contribution in [0.3, 0.4) is 0 Å². The number of nitrogens with zero attached hydrogens (tertiary/aromatic N) is 2. The molecule has 2 rings (SSSR count). The van der Waals surface area contributed by atoms with Gasteiger partial charge < -0.3 is 4.74 Å². The average Bonchev–Trinajstić information content (AvgIpc) is 2.17. The van der Waals surface area contributed by atoms with Gasteiger partial charge in [0.2, 0.25) is 0 Å². The largest absolute Gasteiger partial charge is 0.485 e. The Hall–Kier alpha value is -1.71. The van der Waals surface area contributed by atoms with E-state index in [0.717, 1.165) is 0 Å². The number of carbonyl (C=O) groups is 1. The molecule has 66 valence electrons. The van der Waals surface area contributed by atoms with E-state index in [1.165, 1.54) is 13.3 Å². The molecular formula is C9H8N2O2. The number of ketones is 1. The van der Waals surface area contributed by atoms with Crippen molar-refractivity contribution < 1.29 is 9.53 Å². The Morgan fingerprint density at radius 1 is 1.54 bits per heavy atom. The van der Waals surface area contributed by atoms with Crippen molar-refractivity contribution in [2.45, 2.75) is 6.92 Å². The van der Waals surface area contributed by atoms with Crippen LogP contribution in [0.25, 0.3) is 6.08 Å². The third-order valence-corrected chi connectivity index (χ3v) is 1.76. The average molecular weight is 176 g/mol. The minimum absolute atomic E-state index is 0.103. The first-order valence-electron chi connectivity index (χ1n) is 3.94. The summed E-state index contributed by atoms with van der Waals surface area (Å²) in [5.74, 6) is 0.395. The highest BCUT2D eigenvalue weighted by atomic mass is 16.5. The Kier molecular flexibility index (Phi) is 1.81. The van der Waals surface area contributed by atoms with Crippen LogP contribution in [0.5, 0.6) is 5.75 Å². The minimum atomic E-state index is -0.103. The molecule has 1 aliphatic rings. The molecular weight excluding hydrogens is 168 g/mol. The lowest BCUT2D eigenvalue weighted by atomic mass is 10.2. The fourth-order valence-electron chi connectivity index (χ4n) is 1.19. The molecule has 4 nitrogen and oxygen atoms in total. The molecule has 0 radical (unpaired) electrons. The summed E-state index contributed by atoms with van der Waals surface area (Å²) >= 11 is 0. The van der Waals surface area contributed by atoms with Gasteiger partial charge in [-0.1, -0.05) is 0 Å². The predicted molar refractivity (Wildman–Crippen MR) is 46.6 cm³/mol. The molecule has 2 heterocycles. The summed E-state index contributed by atoms with van der Waals surface area (Å²) in [4.78, 5) is 19.0. The standard InChI is InChI=1S/C9H8N2O2/c1-6(12)8-9-7(10-5-11-8)3-2-4-13-9/h2-3,5H,4H2,1H3. The van der Waals surface area contributed by atoms with E-state index in [0.29, 0.717) is 23.7 Å². The first-order chi connectivity index (χ1) is 6.29. The molecule has 0 aliphatic carbocycles. The zero-order valence-electron chi connectivity index (χ0n) is 7.15. The molecule has 0 unspecified atom stereocenters. The van der Waals surface area contributed by atoms with E-state index in [1.54, 1.807) is 0 Å². The highest BCUT2D eigenvalue weighted by Crippen LogP contribution is 2.24. The van der Waals surface area contributed by atoms with Crippen LogP contribution in [0, 0.1) is 0 Å². The van der Waals surface area contributed by atoms with Crippen LogP contribution in [0.15, 0.2) is 12.4 Å². The molecule has 13 heavy (non-hydrogen) atoms. The first-order valence-corrected chi connectivity index (χ1v) is 3.94. The summed E-state index contributed by atoms with van der Waals surface area (Å²) in [5.41, 5.74) is 1.03. The summed E-state index contributed by atoms with van der Waals surface area (Å²) in [6, 6.07) is 0. The van der Waals surface area contributed by atoms with E-state index >= 15 is 0 Å². The van der Waals surface area contributed by atoms with E-state index in [1.807, 2.05) is 12.2 Å². The predicted octanol–water partition coefficient (Wildman–Crippen LogP) is 1.08. The van der Waals surface area contributed by atoms with E-state index in [9.17, 15) is 4.79 Å². The first kappa shape index (κ1) is 7.91. The second kappa shape index (κ2) is 2.97. The minimum Gasteiger partial charge on any atom is -0.485 e. The quantitative estimate of drug-likeness (QED) is 0.601. The number of fused-ring (bicyclic) bond motifs is 1. The molecule has 1 aromatic heterocycles. The van der Waals surface area contributed by atoms with Crippen molar-refractivity contribution in [2.75, 3.05) is 6.61 Å². The van der Waals surface area contributed by atoms with Crippen LogP contribution in [0.4, 0.5) is 0 Å². The second-order valence-electron chi connectivity index (χ2n) is 2.71. The Morgan fingerprint density at radius 2 is 2.38 bits per heavy atom. The van der Waals surface area contributed by atoms with Gasteiger partial charge in [-0.3, -0.25) is 4.79 Å². The number of rotatable bonds is 1. The molecule has 0 fully saturated rings. The van der Waals surface area contributed by atoms with Crippen molar-refractivity contribution in [3.63, 3.8) is 0 Å². The van der Waals surface area contributed by atoms with Crippen molar-refractivity contribution in [3.05, 3.63) is 23.8 Å². The molecule has 0 atom stereocenters. The highest BCUT2D eigenvalue weighted by molar-refractivity contribution is 5.95. The van der Waals surface area contributed by atoms with Gasteiger partial charge in [0, 0.05) is 6.92 Å². The van der Waals surface area contributed by atoms with Gasteiger partial charge in [-0.25, -0.2) is 9.97 Å². The topological polar surface area (TPSA) is 52.1 Å². The molecule has 0 aromatic carbocycles. The second-order valence-corrected chi connectivity index (χ2v) is 2.71. The molecule has 0 saturated heterocycles. The summed E-state index contributed by atoms with van der Waals surface area (Å²) < 4.78 is 5.28. The van der Waals surface area contributed by atoms with E-state index in [2.05, 4.69) is 9.97 Å². The van der Waals surface area contributed by atoms with Crippen LogP contribution in [0.1, 0.15) is 23.1 Å². The van der Waals surface area contributed by atoms with Gasteiger partial charge in [0.1, 0.15) is 18.6 Å². The van der Waals surface area contributed by atoms with Gasteiger partial charge in [-0.05, 0) is 12.2 Å². The number of ether oxygens (including phenoxy) is 1. The van der Waals surface area contributed by atoms with Gasteiger partial charge in [0.05, 0.1) is 0 Å². The highest BCUT2D eigenvalue weighted by Gasteiger charge is 2.16. The third-order valence-electron chi connectivity index (χ3n) is 1.76. The zero-order chi connectivity index (χ0) is 9.26. The maximum Gasteiger partial charge on any atom is 0.182 e. The monoisotopic (exact) mass is 176 g/mol. The summed E-state index contributed by atoms with van der Waals surface area (Å²) in [5, 5.41) is 0. The maximum absolute atomic E-state index is 11.1. The number of carbonyl (C=O) groups excluding carboxylic acids is 1. The number of hydrogen-bond acceptors (Lipinski definition) is 4. The number of Topliss-reactive ketones (excluding diaryl/α,β-unsaturated/α-hetero) is 1. The van der Waals surface area contributed by atoms with Crippen molar-refractivity contribution in [3.8, 4) is 5.75 Å². The Balaban J connectivity index is 2.59. The van der Waals surface area contributed by atoms with Crippen molar-refractivity contribution >= 4 is 11.9 Å². The van der Waals surface area contributed by atoms with Gasteiger partial charge in [0.25, 0.3) is 0 Å². The van der Waals surface area contributed by atoms with Crippen LogP contribution < -0.4 is 4.74 Å². The van der Waals surface area contributed by atoms with Crippen LogP contribution in [-0.2, 0) is 0 Å². The lowest BCUT2D eigenvalue weighted by molar-refractivity contribution is 0.100. The van der Waals surface area contributed by atoms with Crippen molar-refractivity contribution in [1.82, 2.24) is 9.97 Å². The lowest BCUT2D eigenvalue weighted by Gasteiger charge is -2.12. The summed E-state index contributed by atoms with van der Waals surface area (Å²) in [6.45, 7) is 1.94. The van der Waals surface area contributed by atoms with E-state index in [4.69, 9.17) is 4.74 Å². The van der Waals surface area contributed by atoms with Gasteiger partial charge in [-0.15, -0.1) is 0 Å². The maximum atomic E-state index is 11.1. The van der Waals surface area contributed by atoms with Crippen molar-refractivity contribution in [1.29, 1.82) is 0 Å². The molecule has 1 aromatic rings.